The number of ether oxygens (including phenoxy) is 1. The zero-order valence-corrected chi connectivity index (χ0v) is 19.1. The number of nitrogens with one attached hydrogen (secondary N) is 1. The Labute approximate surface area is 194 Å². The van der Waals surface area contributed by atoms with Crippen molar-refractivity contribution in [2.24, 2.45) is 0 Å². The number of hydrogen-bond acceptors (Lipinski definition) is 4. The lowest BCUT2D eigenvalue weighted by atomic mass is 9.93. The van der Waals surface area contributed by atoms with Crippen molar-refractivity contribution in [3.63, 3.8) is 0 Å². The van der Waals surface area contributed by atoms with Gasteiger partial charge < -0.3 is 14.6 Å². The van der Waals surface area contributed by atoms with Gasteiger partial charge in [0.25, 0.3) is 0 Å². The van der Waals surface area contributed by atoms with Crippen molar-refractivity contribution in [1.29, 1.82) is 0 Å². The molecule has 0 unspecified atom stereocenters. The van der Waals surface area contributed by atoms with Crippen molar-refractivity contribution in [3.8, 4) is 5.75 Å². The molecule has 1 aliphatic heterocycles. The number of aromatic nitrogens is 1. The smallest absolute Gasteiger partial charge is 0.186 e. The summed E-state index contributed by atoms with van der Waals surface area (Å²) in [5.41, 5.74) is 4.97. The number of aromatic amines is 1. The third-order valence-electron chi connectivity index (χ3n) is 6.62. The second-order valence-electron chi connectivity index (χ2n) is 8.57. The number of benzene rings is 3. The van der Waals surface area contributed by atoms with E-state index in [1.54, 1.807) is 7.11 Å². The number of Topliss-reactive ketones (excluding diaryl/α,β-unsaturated/α-hetero) is 1. The number of H-pyrrole nitrogens is 1. The standard InChI is InChI=1S/C28H29N3O2/c1-20-26(24-10-6-7-11-25(24)29-20)28(32)27(21-8-4-3-5-9-21)31-18-16-30(17-19-31)22-12-14-23(33-2)15-13-22/h3-15,27,29H,16-19H2,1-2H3/t27-/m0/s1. The van der Waals surface area contributed by atoms with E-state index >= 15 is 0 Å². The van der Waals surface area contributed by atoms with Gasteiger partial charge in [-0.05, 0) is 42.8 Å². The summed E-state index contributed by atoms with van der Waals surface area (Å²) in [6.07, 6.45) is 0. The predicted molar refractivity (Wildman–Crippen MR) is 133 cm³/mol. The van der Waals surface area contributed by atoms with Crippen molar-refractivity contribution in [3.05, 3.63) is 95.7 Å². The lowest BCUT2D eigenvalue weighted by molar-refractivity contribution is 0.0807. The average molecular weight is 440 g/mol. The lowest BCUT2D eigenvalue weighted by Crippen LogP contribution is -2.49. The Hall–Kier alpha value is -3.57. The van der Waals surface area contributed by atoms with Crippen molar-refractivity contribution in [2.75, 3.05) is 38.2 Å². The Kier molecular flexibility index (Phi) is 5.88. The molecular weight excluding hydrogens is 410 g/mol. The molecule has 1 aromatic heterocycles. The van der Waals surface area contributed by atoms with Gasteiger partial charge in [-0.2, -0.15) is 0 Å². The van der Waals surface area contributed by atoms with Crippen molar-refractivity contribution in [2.45, 2.75) is 13.0 Å². The molecule has 0 bridgehead atoms. The van der Waals surface area contributed by atoms with Gasteiger partial charge in [-0.1, -0.05) is 48.5 Å². The number of carbonyl (C=O) groups excluding carboxylic acids is 1. The summed E-state index contributed by atoms with van der Waals surface area (Å²) in [5.74, 6) is 1.02. The number of rotatable bonds is 6. The minimum absolute atomic E-state index is 0.161. The third kappa shape index (κ3) is 4.12. The topological polar surface area (TPSA) is 48.6 Å². The van der Waals surface area contributed by atoms with E-state index in [9.17, 15) is 4.79 Å². The molecule has 4 aromatic rings. The van der Waals surface area contributed by atoms with Gasteiger partial charge in [0, 0.05) is 54.0 Å². The monoisotopic (exact) mass is 439 g/mol. The fourth-order valence-electron chi connectivity index (χ4n) is 4.93. The molecule has 1 aliphatic rings. The number of anilines is 1. The first-order valence-electron chi connectivity index (χ1n) is 11.4. The van der Waals surface area contributed by atoms with Crippen LogP contribution in [0.2, 0.25) is 0 Å². The number of piperazine rings is 1. The summed E-state index contributed by atoms with van der Waals surface area (Å²) in [6, 6.07) is 26.1. The highest BCUT2D eigenvalue weighted by atomic mass is 16.5. The number of hydrogen-bond donors (Lipinski definition) is 1. The van der Waals surface area contributed by atoms with Gasteiger partial charge in [0.05, 0.1) is 13.2 Å². The molecule has 33 heavy (non-hydrogen) atoms. The first-order valence-corrected chi connectivity index (χ1v) is 11.4. The second kappa shape index (κ2) is 9.12. The van der Waals surface area contributed by atoms with E-state index < -0.39 is 0 Å². The molecule has 1 fully saturated rings. The maximum Gasteiger partial charge on any atom is 0.186 e. The van der Waals surface area contributed by atoms with Crippen LogP contribution in [0.3, 0.4) is 0 Å². The van der Waals surface area contributed by atoms with E-state index in [1.165, 1.54) is 5.69 Å². The summed E-state index contributed by atoms with van der Waals surface area (Å²) in [4.78, 5) is 22.2. The Bertz CT molecular complexity index is 1240. The number of para-hydroxylation sites is 1. The molecule has 2 heterocycles. The molecule has 0 spiro atoms. The molecular formula is C28H29N3O2. The number of carbonyl (C=O) groups is 1. The van der Waals surface area contributed by atoms with E-state index in [2.05, 4.69) is 39.0 Å². The van der Waals surface area contributed by atoms with Crippen LogP contribution in [0, 0.1) is 6.92 Å². The fourth-order valence-corrected chi connectivity index (χ4v) is 4.93. The SMILES string of the molecule is COc1ccc(N2CCN([C@H](C(=O)c3c(C)[nH]c4ccccc34)c3ccccc3)CC2)cc1. The van der Waals surface area contributed by atoms with E-state index in [1.807, 2.05) is 61.5 Å². The molecule has 5 nitrogen and oxygen atoms in total. The van der Waals surface area contributed by atoms with Gasteiger partial charge in [-0.15, -0.1) is 0 Å². The molecule has 1 saturated heterocycles. The van der Waals surface area contributed by atoms with E-state index in [-0.39, 0.29) is 11.8 Å². The Morgan fingerprint density at radius 1 is 0.879 bits per heavy atom. The van der Waals surface area contributed by atoms with E-state index in [0.717, 1.165) is 59.7 Å². The Morgan fingerprint density at radius 2 is 1.55 bits per heavy atom. The zero-order valence-electron chi connectivity index (χ0n) is 19.1. The number of methoxy groups -OCH3 is 1. The minimum Gasteiger partial charge on any atom is -0.497 e. The number of nitrogens with zero attached hydrogens (tertiary/aromatic N) is 2. The van der Waals surface area contributed by atoms with E-state index in [0.29, 0.717) is 0 Å². The minimum atomic E-state index is -0.304. The van der Waals surface area contributed by atoms with Gasteiger partial charge in [0.1, 0.15) is 5.75 Å². The van der Waals surface area contributed by atoms with Gasteiger partial charge in [0.15, 0.2) is 5.78 Å². The predicted octanol–water partition coefficient (Wildman–Crippen LogP) is 5.23. The quantitative estimate of drug-likeness (QED) is 0.418. The van der Waals surface area contributed by atoms with Gasteiger partial charge in [0.2, 0.25) is 0 Å². The molecule has 0 amide bonds. The van der Waals surface area contributed by atoms with Crippen LogP contribution in [0.4, 0.5) is 5.69 Å². The highest BCUT2D eigenvalue weighted by Gasteiger charge is 2.33. The lowest BCUT2D eigenvalue weighted by Gasteiger charge is -2.40. The fraction of sp³-hybridized carbons (Fsp3) is 0.250. The summed E-state index contributed by atoms with van der Waals surface area (Å²) in [5, 5.41) is 0.998. The Morgan fingerprint density at radius 3 is 2.24 bits per heavy atom. The molecule has 5 rings (SSSR count). The number of fused-ring (bicyclic) bond motifs is 1. The molecule has 1 atom stereocenters. The molecule has 5 heteroatoms. The maximum absolute atomic E-state index is 14.1. The summed E-state index contributed by atoms with van der Waals surface area (Å²) >= 11 is 0. The van der Waals surface area contributed by atoms with Crippen molar-refractivity contribution < 1.29 is 9.53 Å². The van der Waals surface area contributed by atoms with Crippen LogP contribution in [0.25, 0.3) is 10.9 Å². The second-order valence-corrected chi connectivity index (χ2v) is 8.57. The molecule has 1 N–H and O–H groups in total. The van der Waals surface area contributed by atoms with Crippen LogP contribution in [-0.4, -0.2) is 49.0 Å². The molecule has 0 radical (unpaired) electrons. The van der Waals surface area contributed by atoms with E-state index in [4.69, 9.17) is 4.74 Å². The van der Waals surface area contributed by atoms with Crippen LogP contribution in [-0.2, 0) is 0 Å². The normalized spacial score (nSPS) is 15.5. The zero-order chi connectivity index (χ0) is 22.8. The first-order chi connectivity index (χ1) is 16.2. The number of ketones is 1. The van der Waals surface area contributed by atoms with Crippen LogP contribution in [0.5, 0.6) is 5.75 Å². The summed E-state index contributed by atoms with van der Waals surface area (Å²) < 4.78 is 5.29. The molecule has 168 valence electrons. The van der Waals surface area contributed by atoms with Crippen LogP contribution < -0.4 is 9.64 Å². The highest BCUT2D eigenvalue weighted by Crippen LogP contribution is 2.32. The third-order valence-corrected chi connectivity index (χ3v) is 6.62. The van der Waals surface area contributed by atoms with Crippen LogP contribution >= 0.6 is 0 Å². The average Bonchev–Trinajstić information content (AvgIpc) is 3.21. The van der Waals surface area contributed by atoms with Crippen LogP contribution in [0.1, 0.15) is 27.7 Å². The molecule has 0 saturated carbocycles. The van der Waals surface area contributed by atoms with Gasteiger partial charge in [-0.3, -0.25) is 9.69 Å². The maximum atomic E-state index is 14.1. The molecule has 0 aliphatic carbocycles. The van der Waals surface area contributed by atoms with Crippen LogP contribution in [0.15, 0.2) is 78.9 Å². The largest absolute Gasteiger partial charge is 0.497 e. The first kappa shape index (κ1) is 21.3. The summed E-state index contributed by atoms with van der Waals surface area (Å²) in [6.45, 7) is 5.37. The number of aryl methyl sites for hydroxylation is 1. The highest BCUT2D eigenvalue weighted by molar-refractivity contribution is 6.11. The summed E-state index contributed by atoms with van der Waals surface area (Å²) in [7, 11) is 1.68. The van der Waals surface area contributed by atoms with Gasteiger partial charge in [-0.25, -0.2) is 0 Å². The van der Waals surface area contributed by atoms with Crippen molar-refractivity contribution >= 4 is 22.4 Å². The van der Waals surface area contributed by atoms with Crippen molar-refractivity contribution in [1.82, 2.24) is 9.88 Å². The Balaban J connectivity index is 1.43. The van der Waals surface area contributed by atoms with Gasteiger partial charge >= 0.3 is 0 Å². The molecule has 3 aromatic carbocycles.